The van der Waals surface area contributed by atoms with E-state index in [4.69, 9.17) is 5.26 Å². The Balaban J connectivity index is 2.06. The lowest BCUT2D eigenvalue weighted by Crippen LogP contribution is -2.29. The number of anilines is 1. The summed E-state index contributed by atoms with van der Waals surface area (Å²) in [5.74, 6) is 2.27. The second kappa shape index (κ2) is 5.28. The Morgan fingerprint density at radius 3 is 2.82 bits per heavy atom. The van der Waals surface area contributed by atoms with Crippen LogP contribution in [-0.2, 0) is 10.8 Å². The van der Waals surface area contributed by atoms with Crippen molar-refractivity contribution in [3.63, 3.8) is 0 Å². The van der Waals surface area contributed by atoms with Crippen LogP contribution in [0.25, 0.3) is 0 Å². The standard InChI is InChI=1S/C12H15N3OS/c1-9-6-10(8-13)7-12(14-9)15-11-2-4-17(16)5-3-11/h6-7,11H,2-5H2,1H3,(H,14,15). The van der Waals surface area contributed by atoms with Gasteiger partial charge in [0.2, 0.25) is 0 Å². The van der Waals surface area contributed by atoms with Gasteiger partial charge in [-0.15, -0.1) is 0 Å². The molecule has 1 N–H and O–H groups in total. The van der Waals surface area contributed by atoms with Crippen LogP contribution in [0.15, 0.2) is 12.1 Å². The quantitative estimate of drug-likeness (QED) is 0.864. The van der Waals surface area contributed by atoms with E-state index in [9.17, 15) is 4.21 Å². The Labute approximate surface area is 104 Å². The van der Waals surface area contributed by atoms with E-state index in [-0.39, 0.29) is 0 Å². The smallest absolute Gasteiger partial charge is 0.127 e. The van der Waals surface area contributed by atoms with Crippen molar-refractivity contribution >= 4 is 16.6 Å². The zero-order chi connectivity index (χ0) is 12.3. The maximum absolute atomic E-state index is 11.2. The van der Waals surface area contributed by atoms with Crippen LogP contribution in [0.1, 0.15) is 24.1 Å². The van der Waals surface area contributed by atoms with Gasteiger partial charge in [0.15, 0.2) is 0 Å². The first-order valence-electron chi connectivity index (χ1n) is 5.67. The van der Waals surface area contributed by atoms with Crippen LogP contribution in [0.3, 0.4) is 0 Å². The summed E-state index contributed by atoms with van der Waals surface area (Å²) in [5, 5.41) is 12.2. The van der Waals surface area contributed by atoms with Crippen LogP contribution in [0.2, 0.25) is 0 Å². The summed E-state index contributed by atoms with van der Waals surface area (Å²) >= 11 is 0. The van der Waals surface area contributed by atoms with Gasteiger partial charge in [-0.3, -0.25) is 4.21 Å². The van der Waals surface area contributed by atoms with Crippen LogP contribution in [0.4, 0.5) is 5.82 Å². The molecule has 17 heavy (non-hydrogen) atoms. The number of nitrogens with zero attached hydrogens (tertiary/aromatic N) is 2. The zero-order valence-electron chi connectivity index (χ0n) is 9.77. The lowest BCUT2D eigenvalue weighted by atomic mass is 10.1. The molecule has 0 saturated carbocycles. The Bertz CT molecular complexity index is 471. The number of nitriles is 1. The van der Waals surface area contributed by atoms with Gasteiger partial charge in [-0.2, -0.15) is 5.26 Å². The summed E-state index contributed by atoms with van der Waals surface area (Å²) < 4.78 is 11.2. The predicted octanol–water partition coefficient (Wildman–Crippen LogP) is 1.58. The molecule has 0 amide bonds. The van der Waals surface area contributed by atoms with Crippen molar-refractivity contribution in [2.24, 2.45) is 0 Å². The van der Waals surface area contributed by atoms with Gasteiger partial charge in [-0.25, -0.2) is 4.98 Å². The minimum Gasteiger partial charge on any atom is -0.367 e. The van der Waals surface area contributed by atoms with Gasteiger partial charge in [0.1, 0.15) is 5.82 Å². The largest absolute Gasteiger partial charge is 0.367 e. The lowest BCUT2D eigenvalue weighted by Gasteiger charge is -2.23. The molecule has 2 heterocycles. The molecule has 90 valence electrons. The highest BCUT2D eigenvalue weighted by Crippen LogP contribution is 2.16. The second-order valence-corrected chi connectivity index (χ2v) is 5.96. The van der Waals surface area contributed by atoms with Crippen LogP contribution in [-0.4, -0.2) is 26.7 Å². The van der Waals surface area contributed by atoms with E-state index in [1.807, 2.05) is 6.92 Å². The van der Waals surface area contributed by atoms with Crippen LogP contribution < -0.4 is 5.32 Å². The summed E-state index contributed by atoms with van der Waals surface area (Å²) in [6, 6.07) is 5.98. The van der Waals surface area contributed by atoms with E-state index in [2.05, 4.69) is 16.4 Å². The van der Waals surface area contributed by atoms with Gasteiger partial charge < -0.3 is 5.32 Å². The van der Waals surface area contributed by atoms with Gasteiger partial charge in [0.05, 0.1) is 11.6 Å². The van der Waals surface area contributed by atoms with E-state index in [0.29, 0.717) is 11.6 Å². The molecule has 1 aliphatic rings. The Kier molecular flexibility index (Phi) is 3.75. The Morgan fingerprint density at radius 1 is 1.47 bits per heavy atom. The van der Waals surface area contributed by atoms with Gasteiger partial charge >= 0.3 is 0 Å². The number of nitrogens with one attached hydrogen (secondary N) is 1. The fourth-order valence-corrected chi connectivity index (χ4v) is 3.25. The molecule has 1 fully saturated rings. The van der Waals surface area contributed by atoms with E-state index in [1.165, 1.54) is 0 Å². The molecule has 1 saturated heterocycles. The third kappa shape index (κ3) is 3.27. The van der Waals surface area contributed by atoms with Crippen LogP contribution >= 0.6 is 0 Å². The summed E-state index contributed by atoms with van der Waals surface area (Å²) in [7, 11) is -0.642. The first-order chi connectivity index (χ1) is 8.17. The van der Waals surface area contributed by atoms with Crippen molar-refractivity contribution in [3.05, 3.63) is 23.4 Å². The molecule has 2 rings (SSSR count). The SMILES string of the molecule is Cc1cc(C#N)cc(NC2CCS(=O)CC2)n1. The highest BCUT2D eigenvalue weighted by molar-refractivity contribution is 7.85. The summed E-state index contributed by atoms with van der Waals surface area (Å²) in [5.41, 5.74) is 1.46. The average Bonchev–Trinajstić information content (AvgIpc) is 2.31. The summed E-state index contributed by atoms with van der Waals surface area (Å²) in [6.45, 7) is 1.88. The van der Waals surface area contributed by atoms with E-state index in [0.717, 1.165) is 35.9 Å². The first kappa shape index (κ1) is 12.1. The zero-order valence-corrected chi connectivity index (χ0v) is 10.6. The molecule has 0 atom stereocenters. The third-order valence-electron chi connectivity index (χ3n) is 2.82. The molecule has 1 aromatic rings. The monoisotopic (exact) mass is 249 g/mol. The van der Waals surface area contributed by atoms with Crippen molar-refractivity contribution in [2.45, 2.75) is 25.8 Å². The second-order valence-electron chi connectivity index (χ2n) is 4.26. The van der Waals surface area contributed by atoms with Crippen molar-refractivity contribution in [1.82, 2.24) is 4.98 Å². The Hall–Kier alpha value is -1.41. The molecular weight excluding hydrogens is 234 g/mol. The molecule has 5 heteroatoms. The van der Waals surface area contributed by atoms with Gasteiger partial charge in [0, 0.05) is 34.0 Å². The van der Waals surface area contributed by atoms with Crippen molar-refractivity contribution in [1.29, 1.82) is 5.26 Å². The van der Waals surface area contributed by atoms with Crippen molar-refractivity contribution in [2.75, 3.05) is 16.8 Å². The van der Waals surface area contributed by atoms with Gasteiger partial charge in [0.25, 0.3) is 0 Å². The molecule has 0 bridgehead atoms. The van der Waals surface area contributed by atoms with Gasteiger partial charge in [-0.1, -0.05) is 0 Å². The average molecular weight is 249 g/mol. The molecule has 0 unspecified atom stereocenters. The minimum atomic E-state index is -0.642. The fraction of sp³-hybridized carbons (Fsp3) is 0.500. The molecule has 1 aromatic heterocycles. The highest BCUT2D eigenvalue weighted by atomic mass is 32.2. The summed E-state index contributed by atoms with van der Waals surface area (Å²) in [6.07, 6.45) is 1.81. The molecule has 0 spiro atoms. The predicted molar refractivity (Wildman–Crippen MR) is 68.2 cm³/mol. The van der Waals surface area contributed by atoms with E-state index in [1.54, 1.807) is 12.1 Å². The normalized spacial score (nSPS) is 24.0. The maximum atomic E-state index is 11.2. The molecular formula is C12H15N3OS. The van der Waals surface area contributed by atoms with Crippen molar-refractivity contribution < 1.29 is 4.21 Å². The molecule has 1 aliphatic heterocycles. The third-order valence-corrected chi connectivity index (χ3v) is 4.20. The number of aromatic nitrogens is 1. The van der Waals surface area contributed by atoms with Crippen LogP contribution in [0.5, 0.6) is 0 Å². The number of hydrogen-bond acceptors (Lipinski definition) is 4. The number of rotatable bonds is 2. The Morgan fingerprint density at radius 2 is 2.18 bits per heavy atom. The summed E-state index contributed by atoms with van der Waals surface area (Å²) in [4.78, 5) is 4.36. The van der Waals surface area contributed by atoms with Crippen molar-refractivity contribution in [3.8, 4) is 6.07 Å². The first-order valence-corrected chi connectivity index (χ1v) is 7.16. The molecule has 0 aromatic carbocycles. The highest BCUT2D eigenvalue weighted by Gasteiger charge is 2.18. The van der Waals surface area contributed by atoms with Crippen LogP contribution in [0, 0.1) is 18.3 Å². The number of hydrogen-bond donors (Lipinski definition) is 1. The topological polar surface area (TPSA) is 65.8 Å². The maximum Gasteiger partial charge on any atom is 0.127 e. The number of pyridine rings is 1. The molecule has 0 radical (unpaired) electrons. The lowest BCUT2D eigenvalue weighted by molar-refractivity contribution is 0.622. The van der Waals surface area contributed by atoms with E-state index < -0.39 is 10.8 Å². The fourth-order valence-electron chi connectivity index (χ4n) is 1.95. The molecule has 4 nitrogen and oxygen atoms in total. The van der Waals surface area contributed by atoms with E-state index >= 15 is 0 Å². The van der Waals surface area contributed by atoms with Gasteiger partial charge in [-0.05, 0) is 31.9 Å². The molecule has 0 aliphatic carbocycles. The number of aryl methyl sites for hydroxylation is 1. The minimum absolute atomic E-state index is 0.327.